The first-order chi connectivity index (χ1) is 8.52. The van der Waals surface area contributed by atoms with Crippen LogP contribution in [-0.2, 0) is 9.59 Å². The molecule has 0 spiro atoms. The van der Waals surface area contributed by atoms with Crippen molar-refractivity contribution >= 4 is 29.9 Å². The van der Waals surface area contributed by atoms with E-state index in [0.717, 1.165) is 0 Å². The summed E-state index contributed by atoms with van der Waals surface area (Å²) < 4.78 is 24.8. The van der Waals surface area contributed by atoms with Crippen molar-refractivity contribution in [3.05, 3.63) is 29.8 Å². The molecule has 0 atom stereocenters. The minimum absolute atomic E-state index is 0. The van der Waals surface area contributed by atoms with Crippen molar-refractivity contribution in [1.82, 2.24) is 5.32 Å². The molecule has 19 heavy (non-hydrogen) atoms. The van der Waals surface area contributed by atoms with Crippen LogP contribution in [0.5, 0.6) is 0 Å². The molecule has 0 saturated heterocycles. The van der Waals surface area contributed by atoms with Gasteiger partial charge in [-0.15, -0.1) is 12.4 Å². The SMILES string of the molecule is Cl.NCC(=O)NCC(=O)Nc1cccc(C(F)F)c1. The molecular weight excluding hydrogens is 280 g/mol. The summed E-state index contributed by atoms with van der Waals surface area (Å²) in [4.78, 5) is 22.2. The molecule has 0 aromatic heterocycles. The maximum Gasteiger partial charge on any atom is 0.263 e. The highest BCUT2D eigenvalue weighted by molar-refractivity contribution is 5.94. The van der Waals surface area contributed by atoms with E-state index in [1.807, 2.05) is 0 Å². The first-order valence-electron chi connectivity index (χ1n) is 5.17. The summed E-state index contributed by atoms with van der Waals surface area (Å²) in [7, 11) is 0. The zero-order chi connectivity index (χ0) is 13.5. The number of carbonyl (C=O) groups is 2. The average molecular weight is 294 g/mol. The third kappa shape index (κ3) is 6.12. The second-order valence-corrected chi connectivity index (χ2v) is 3.46. The molecule has 106 valence electrons. The van der Waals surface area contributed by atoms with Gasteiger partial charge in [0.15, 0.2) is 0 Å². The van der Waals surface area contributed by atoms with Gasteiger partial charge in [0.2, 0.25) is 11.8 Å². The number of alkyl halides is 2. The molecule has 4 N–H and O–H groups in total. The first kappa shape index (κ1) is 17.3. The summed E-state index contributed by atoms with van der Waals surface area (Å²) in [6.45, 7) is -0.469. The van der Waals surface area contributed by atoms with Gasteiger partial charge in [-0.25, -0.2) is 8.78 Å². The topological polar surface area (TPSA) is 84.2 Å². The molecular formula is C11H14ClF2N3O2. The Morgan fingerprint density at radius 3 is 2.53 bits per heavy atom. The summed E-state index contributed by atoms with van der Waals surface area (Å²) in [6, 6.07) is 5.33. The third-order valence-corrected chi connectivity index (χ3v) is 2.05. The number of nitrogens with one attached hydrogen (secondary N) is 2. The minimum Gasteiger partial charge on any atom is -0.346 e. The lowest BCUT2D eigenvalue weighted by Gasteiger charge is -2.07. The second-order valence-electron chi connectivity index (χ2n) is 3.46. The van der Waals surface area contributed by atoms with E-state index in [4.69, 9.17) is 5.73 Å². The predicted molar refractivity (Wildman–Crippen MR) is 69.3 cm³/mol. The maximum absolute atomic E-state index is 12.4. The van der Waals surface area contributed by atoms with Gasteiger partial charge >= 0.3 is 0 Å². The van der Waals surface area contributed by atoms with E-state index in [-0.39, 0.29) is 36.7 Å². The number of amides is 2. The number of carbonyl (C=O) groups excluding carboxylic acids is 2. The van der Waals surface area contributed by atoms with Crippen molar-refractivity contribution in [2.75, 3.05) is 18.4 Å². The van der Waals surface area contributed by atoms with Gasteiger partial charge in [-0.2, -0.15) is 0 Å². The highest BCUT2D eigenvalue weighted by Gasteiger charge is 2.09. The predicted octanol–water partition coefficient (Wildman–Crippen LogP) is 1.06. The molecule has 2 amide bonds. The molecule has 1 rings (SSSR count). The third-order valence-electron chi connectivity index (χ3n) is 2.05. The fraction of sp³-hybridized carbons (Fsp3) is 0.273. The van der Waals surface area contributed by atoms with Crippen LogP contribution < -0.4 is 16.4 Å². The Balaban J connectivity index is 0.00000324. The van der Waals surface area contributed by atoms with Crippen LogP contribution in [0.1, 0.15) is 12.0 Å². The minimum atomic E-state index is -2.60. The van der Waals surface area contributed by atoms with Gasteiger partial charge in [0, 0.05) is 11.3 Å². The lowest BCUT2D eigenvalue weighted by Crippen LogP contribution is -2.36. The highest BCUT2D eigenvalue weighted by atomic mass is 35.5. The zero-order valence-electron chi connectivity index (χ0n) is 9.86. The van der Waals surface area contributed by atoms with Crippen LogP contribution in [0.25, 0.3) is 0 Å². The van der Waals surface area contributed by atoms with Gasteiger partial charge in [-0.05, 0) is 12.1 Å². The Labute approximate surface area is 115 Å². The number of anilines is 1. The Morgan fingerprint density at radius 1 is 1.26 bits per heavy atom. The molecule has 0 aliphatic carbocycles. The molecule has 8 heteroatoms. The Morgan fingerprint density at radius 2 is 1.95 bits per heavy atom. The fourth-order valence-electron chi connectivity index (χ4n) is 1.21. The second kappa shape index (κ2) is 8.39. The summed E-state index contributed by atoms with van der Waals surface area (Å²) in [5.41, 5.74) is 5.11. The molecule has 0 aliphatic heterocycles. The van der Waals surface area contributed by atoms with Crippen LogP contribution in [0, 0.1) is 0 Å². The Kier molecular flexibility index (Phi) is 7.62. The number of rotatable bonds is 5. The lowest BCUT2D eigenvalue weighted by atomic mass is 10.2. The summed E-state index contributed by atoms with van der Waals surface area (Å²) in [6.07, 6.45) is -2.60. The van der Waals surface area contributed by atoms with E-state index in [1.165, 1.54) is 24.3 Å². The van der Waals surface area contributed by atoms with Crippen molar-refractivity contribution in [2.24, 2.45) is 5.73 Å². The highest BCUT2D eigenvalue weighted by Crippen LogP contribution is 2.21. The van der Waals surface area contributed by atoms with E-state index < -0.39 is 18.2 Å². The van der Waals surface area contributed by atoms with E-state index >= 15 is 0 Å². The van der Waals surface area contributed by atoms with Crippen LogP contribution in [-0.4, -0.2) is 24.9 Å². The zero-order valence-corrected chi connectivity index (χ0v) is 10.7. The molecule has 1 aromatic rings. The number of hydrogen-bond donors (Lipinski definition) is 3. The van der Waals surface area contributed by atoms with Crippen LogP contribution in [0.15, 0.2) is 24.3 Å². The van der Waals surface area contributed by atoms with Gasteiger partial charge in [-0.3, -0.25) is 9.59 Å². The molecule has 0 saturated carbocycles. The number of hydrogen-bond acceptors (Lipinski definition) is 3. The number of halogens is 3. The smallest absolute Gasteiger partial charge is 0.263 e. The van der Waals surface area contributed by atoms with Gasteiger partial charge in [0.1, 0.15) is 0 Å². The van der Waals surface area contributed by atoms with Crippen LogP contribution in [0.2, 0.25) is 0 Å². The van der Waals surface area contributed by atoms with Crippen molar-refractivity contribution in [3.63, 3.8) is 0 Å². The number of benzene rings is 1. The van der Waals surface area contributed by atoms with Crippen LogP contribution in [0.3, 0.4) is 0 Å². The van der Waals surface area contributed by atoms with Crippen LogP contribution >= 0.6 is 12.4 Å². The van der Waals surface area contributed by atoms with Crippen molar-refractivity contribution < 1.29 is 18.4 Å². The lowest BCUT2D eigenvalue weighted by molar-refractivity contribution is -0.123. The van der Waals surface area contributed by atoms with Crippen molar-refractivity contribution in [3.8, 4) is 0 Å². The fourth-order valence-corrected chi connectivity index (χ4v) is 1.21. The van der Waals surface area contributed by atoms with Gasteiger partial charge < -0.3 is 16.4 Å². The van der Waals surface area contributed by atoms with Crippen molar-refractivity contribution in [1.29, 1.82) is 0 Å². The van der Waals surface area contributed by atoms with E-state index in [1.54, 1.807) is 0 Å². The molecule has 0 heterocycles. The summed E-state index contributed by atoms with van der Waals surface area (Å²) in [5.74, 6) is -0.977. The van der Waals surface area contributed by atoms with Crippen molar-refractivity contribution in [2.45, 2.75) is 6.43 Å². The maximum atomic E-state index is 12.4. The standard InChI is InChI=1S/C11H13F2N3O2.ClH/c12-11(13)7-2-1-3-8(4-7)16-10(18)6-15-9(17)5-14;/h1-4,11H,5-6,14H2,(H,15,17)(H,16,18);1H. The molecule has 0 unspecified atom stereocenters. The molecule has 0 fully saturated rings. The monoisotopic (exact) mass is 293 g/mol. The van der Waals surface area contributed by atoms with Gasteiger partial charge in [0.25, 0.3) is 6.43 Å². The normalized spacial score (nSPS) is 9.68. The van der Waals surface area contributed by atoms with E-state index in [0.29, 0.717) is 0 Å². The van der Waals surface area contributed by atoms with E-state index in [2.05, 4.69) is 10.6 Å². The largest absolute Gasteiger partial charge is 0.346 e. The molecule has 5 nitrogen and oxygen atoms in total. The Bertz CT molecular complexity index is 444. The van der Waals surface area contributed by atoms with Crippen LogP contribution in [0.4, 0.5) is 14.5 Å². The van der Waals surface area contributed by atoms with Gasteiger partial charge in [0.05, 0.1) is 13.1 Å². The first-order valence-corrected chi connectivity index (χ1v) is 5.17. The molecule has 1 aromatic carbocycles. The molecule has 0 radical (unpaired) electrons. The summed E-state index contributed by atoms with van der Waals surface area (Å²) in [5, 5.41) is 4.65. The summed E-state index contributed by atoms with van der Waals surface area (Å²) >= 11 is 0. The van der Waals surface area contributed by atoms with E-state index in [9.17, 15) is 18.4 Å². The molecule has 0 bridgehead atoms. The molecule has 0 aliphatic rings. The average Bonchev–Trinajstić information content (AvgIpc) is 2.36. The number of nitrogens with two attached hydrogens (primary N) is 1. The Hall–Kier alpha value is -1.73. The quantitative estimate of drug-likeness (QED) is 0.759. The van der Waals surface area contributed by atoms with Gasteiger partial charge in [-0.1, -0.05) is 12.1 Å².